The van der Waals surface area contributed by atoms with Crippen molar-refractivity contribution in [1.29, 1.82) is 0 Å². The summed E-state index contributed by atoms with van der Waals surface area (Å²) >= 11 is 0. The van der Waals surface area contributed by atoms with Gasteiger partial charge in [-0.1, -0.05) is 30.3 Å². The van der Waals surface area contributed by atoms with Gasteiger partial charge in [0.15, 0.2) is 0 Å². The molecule has 1 saturated heterocycles. The standard InChI is InChI=1S/C16H24N2O2/c1-17(2)15-9-6-10-18(11-15)12-16(19)20-13-14-7-4-3-5-8-14/h3-5,7-8,15H,6,9-13H2,1-2H3. The number of hydrogen-bond donors (Lipinski definition) is 0. The molecule has 0 spiro atoms. The molecule has 0 amide bonds. The number of benzene rings is 1. The molecule has 1 atom stereocenters. The Hall–Kier alpha value is -1.39. The van der Waals surface area contributed by atoms with Crippen LogP contribution >= 0.6 is 0 Å². The van der Waals surface area contributed by atoms with Gasteiger partial charge in [-0.25, -0.2) is 0 Å². The zero-order valence-corrected chi connectivity index (χ0v) is 12.4. The first-order chi connectivity index (χ1) is 9.65. The molecule has 0 bridgehead atoms. The van der Waals surface area contributed by atoms with Gasteiger partial charge in [-0.2, -0.15) is 0 Å². The fraction of sp³-hybridized carbons (Fsp3) is 0.562. The van der Waals surface area contributed by atoms with Crippen molar-refractivity contribution in [1.82, 2.24) is 9.80 Å². The quantitative estimate of drug-likeness (QED) is 0.767. The number of piperidine rings is 1. The smallest absolute Gasteiger partial charge is 0.320 e. The summed E-state index contributed by atoms with van der Waals surface area (Å²) in [5.74, 6) is -0.131. The van der Waals surface area contributed by atoms with Gasteiger partial charge in [0, 0.05) is 12.6 Å². The second-order valence-corrected chi connectivity index (χ2v) is 5.64. The number of nitrogens with zero attached hydrogens (tertiary/aromatic N) is 2. The summed E-state index contributed by atoms with van der Waals surface area (Å²) in [6.45, 7) is 2.71. The van der Waals surface area contributed by atoms with Crippen LogP contribution in [0.4, 0.5) is 0 Å². The predicted molar refractivity (Wildman–Crippen MR) is 79.4 cm³/mol. The van der Waals surface area contributed by atoms with Gasteiger partial charge < -0.3 is 9.64 Å². The largest absolute Gasteiger partial charge is 0.460 e. The summed E-state index contributed by atoms with van der Waals surface area (Å²) in [6, 6.07) is 10.4. The van der Waals surface area contributed by atoms with Crippen LogP contribution in [0.15, 0.2) is 30.3 Å². The van der Waals surface area contributed by atoms with Crippen LogP contribution in [0.1, 0.15) is 18.4 Å². The molecule has 1 heterocycles. The molecule has 0 aliphatic carbocycles. The summed E-state index contributed by atoms with van der Waals surface area (Å²) < 4.78 is 5.33. The minimum Gasteiger partial charge on any atom is -0.460 e. The molecule has 20 heavy (non-hydrogen) atoms. The highest BCUT2D eigenvalue weighted by atomic mass is 16.5. The van der Waals surface area contributed by atoms with E-state index in [-0.39, 0.29) is 5.97 Å². The first-order valence-electron chi connectivity index (χ1n) is 7.23. The third-order valence-electron chi connectivity index (χ3n) is 3.81. The molecule has 1 aliphatic heterocycles. The monoisotopic (exact) mass is 276 g/mol. The fourth-order valence-corrected chi connectivity index (χ4v) is 2.56. The Morgan fingerprint density at radius 1 is 1.35 bits per heavy atom. The molecule has 0 saturated carbocycles. The molecular formula is C16H24N2O2. The number of likely N-dealkylation sites (tertiary alicyclic amines) is 1. The predicted octanol–water partition coefficient (Wildman–Crippen LogP) is 1.76. The van der Waals surface area contributed by atoms with Crippen molar-refractivity contribution in [3.63, 3.8) is 0 Å². The highest BCUT2D eigenvalue weighted by Crippen LogP contribution is 2.13. The number of ether oxygens (including phenoxy) is 1. The van der Waals surface area contributed by atoms with E-state index in [0.29, 0.717) is 19.2 Å². The van der Waals surface area contributed by atoms with Crippen LogP contribution in [0, 0.1) is 0 Å². The van der Waals surface area contributed by atoms with E-state index < -0.39 is 0 Å². The van der Waals surface area contributed by atoms with Gasteiger partial charge in [0.25, 0.3) is 0 Å². The third-order valence-corrected chi connectivity index (χ3v) is 3.81. The second kappa shape index (κ2) is 7.41. The zero-order chi connectivity index (χ0) is 14.4. The Labute approximate surface area is 121 Å². The maximum Gasteiger partial charge on any atom is 0.320 e. The van der Waals surface area contributed by atoms with Crippen LogP contribution in [0.25, 0.3) is 0 Å². The fourth-order valence-electron chi connectivity index (χ4n) is 2.56. The first kappa shape index (κ1) is 15.0. The average Bonchev–Trinajstić information content (AvgIpc) is 2.46. The van der Waals surface area contributed by atoms with E-state index in [1.54, 1.807) is 0 Å². The summed E-state index contributed by atoms with van der Waals surface area (Å²) in [5, 5.41) is 0. The molecule has 1 aromatic rings. The number of rotatable bonds is 5. The van der Waals surface area contributed by atoms with Crippen molar-refractivity contribution < 1.29 is 9.53 Å². The maximum absolute atomic E-state index is 11.9. The minimum absolute atomic E-state index is 0.131. The molecular weight excluding hydrogens is 252 g/mol. The van der Waals surface area contributed by atoms with E-state index in [1.165, 1.54) is 6.42 Å². The summed E-state index contributed by atoms with van der Waals surface area (Å²) in [6.07, 6.45) is 2.36. The molecule has 0 aromatic heterocycles. The van der Waals surface area contributed by atoms with E-state index in [9.17, 15) is 4.79 Å². The number of esters is 1. The van der Waals surface area contributed by atoms with Gasteiger partial charge in [-0.3, -0.25) is 9.69 Å². The van der Waals surface area contributed by atoms with Crippen LogP contribution in [0.2, 0.25) is 0 Å². The van der Waals surface area contributed by atoms with Crippen LogP contribution in [0.3, 0.4) is 0 Å². The van der Waals surface area contributed by atoms with Crippen molar-refractivity contribution in [2.75, 3.05) is 33.7 Å². The Morgan fingerprint density at radius 3 is 2.80 bits per heavy atom. The van der Waals surface area contributed by atoms with E-state index >= 15 is 0 Å². The van der Waals surface area contributed by atoms with E-state index in [2.05, 4.69) is 23.9 Å². The van der Waals surface area contributed by atoms with Crippen molar-refractivity contribution in [2.45, 2.75) is 25.5 Å². The normalized spacial score (nSPS) is 20.1. The van der Waals surface area contributed by atoms with Crippen LogP contribution in [-0.4, -0.2) is 55.5 Å². The molecule has 110 valence electrons. The van der Waals surface area contributed by atoms with Gasteiger partial charge in [0.1, 0.15) is 6.61 Å². The molecule has 1 aromatic carbocycles. The van der Waals surface area contributed by atoms with Gasteiger partial charge in [0.05, 0.1) is 6.54 Å². The highest BCUT2D eigenvalue weighted by Gasteiger charge is 2.23. The summed E-state index contributed by atoms with van der Waals surface area (Å²) in [5.41, 5.74) is 1.03. The first-order valence-corrected chi connectivity index (χ1v) is 7.23. The van der Waals surface area contributed by atoms with Gasteiger partial charge >= 0.3 is 5.97 Å². The Morgan fingerprint density at radius 2 is 2.10 bits per heavy atom. The van der Waals surface area contributed by atoms with Crippen molar-refractivity contribution >= 4 is 5.97 Å². The molecule has 1 unspecified atom stereocenters. The molecule has 1 fully saturated rings. The number of carbonyl (C=O) groups is 1. The van der Waals surface area contributed by atoms with Crippen LogP contribution < -0.4 is 0 Å². The average molecular weight is 276 g/mol. The van der Waals surface area contributed by atoms with E-state index in [4.69, 9.17) is 4.74 Å². The van der Waals surface area contributed by atoms with Gasteiger partial charge in [-0.15, -0.1) is 0 Å². The minimum atomic E-state index is -0.131. The molecule has 4 nitrogen and oxygen atoms in total. The second-order valence-electron chi connectivity index (χ2n) is 5.64. The summed E-state index contributed by atoms with van der Waals surface area (Å²) in [4.78, 5) is 16.3. The molecule has 0 N–H and O–H groups in total. The molecule has 2 rings (SSSR count). The van der Waals surface area contributed by atoms with Gasteiger partial charge in [-0.05, 0) is 39.0 Å². The number of hydrogen-bond acceptors (Lipinski definition) is 4. The lowest BCUT2D eigenvalue weighted by molar-refractivity contribution is -0.146. The molecule has 4 heteroatoms. The highest BCUT2D eigenvalue weighted by molar-refractivity contribution is 5.71. The Bertz CT molecular complexity index is 420. The Kier molecular flexibility index (Phi) is 5.56. The lowest BCUT2D eigenvalue weighted by atomic mass is 10.1. The zero-order valence-electron chi connectivity index (χ0n) is 12.4. The van der Waals surface area contributed by atoms with E-state index in [1.807, 2.05) is 30.3 Å². The van der Waals surface area contributed by atoms with E-state index in [0.717, 1.165) is 25.1 Å². The van der Waals surface area contributed by atoms with Crippen LogP contribution in [-0.2, 0) is 16.1 Å². The third kappa shape index (κ3) is 4.62. The van der Waals surface area contributed by atoms with Crippen molar-refractivity contribution in [2.24, 2.45) is 0 Å². The lowest BCUT2D eigenvalue weighted by Crippen LogP contribution is -2.46. The number of likely N-dealkylation sites (N-methyl/N-ethyl adjacent to an activating group) is 1. The topological polar surface area (TPSA) is 32.8 Å². The summed E-state index contributed by atoms with van der Waals surface area (Å²) in [7, 11) is 4.20. The van der Waals surface area contributed by atoms with Gasteiger partial charge in [0.2, 0.25) is 0 Å². The van der Waals surface area contributed by atoms with Crippen molar-refractivity contribution in [3.8, 4) is 0 Å². The maximum atomic E-state index is 11.9. The molecule has 0 radical (unpaired) electrons. The SMILES string of the molecule is CN(C)C1CCCN(CC(=O)OCc2ccccc2)C1. The van der Waals surface area contributed by atoms with Crippen LogP contribution in [0.5, 0.6) is 0 Å². The number of carbonyl (C=O) groups excluding carboxylic acids is 1. The molecule has 1 aliphatic rings. The Balaban J connectivity index is 1.74. The lowest BCUT2D eigenvalue weighted by Gasteiger charge is -2.35. The van der Waals surface area contributed by atoms with Crippen molar-refractivity contribution in [3.05, 3.63) is 35.9 Å².